The molecule has 1 saturated carbocycles. The number of halogens is 4. The van der Waals surface area contributed by atoms with Crippen LogP contribution in [0.25, 0.3) is 0 Å². The van der Waals surface area contributed by atoms with E-state index < -0.39 is 158 Å². The normalized spacial score (nSPS) is 18.7. The summed E-state index contributed by atoms with van der Waals surface area (Å²) in [5.74, 6) is -17.1. The number of β-amino-alcohol motifs (C(OH)–C–C–N with tert-alkyl or cyclic N) is 1. The Balaban J connectivity index is 1.77. The van der Waals surface area contributed by atoms with Gasteiger partial charge in [0.25, 0.3) is 7.59 Å². The number of benzene rings is 1. The van der Waals surface area contributed by atoms with Crippen molar-refractivity contribution in [2.75, 3.05) is 18.5 Å². The van der Waals surface area contributed by atoms with Gasteiger partial charge in [-0.05, 0) is 38.5 Å². The van der Waals surface area contributed by atoms with E-state index in [2.05, 4.69) is 21.3 Å². The van der Waals surface area contributed by atoms with Crippen LogP contribution < -0.4 is 48.4 Å². The molecule has 1 aromatic rings. The first-order valence-corrected chi connectivity index (χ1v) is 21.7. The Kier molecular flexibility index (Phi) is 19.4. The van der Waals surface area contributed by atoms with E-state index in [4.69, 9.17) is 21.8 Å². The van der Waals surface area contributed by atoms with E-state index in [1.807, 2.05) is 5.09 Å². The van der Waals surface area contributed by atoms with Gasteiger partial charge in [0.1, 0.15) is 35.9 Å². The van der Waals surface area contributed by atoms with E-state index in [-0.39, 0.29) is 32.2 Å². The molecule has 2 fully saturated rings. The van der Waals surface area contributed by atoms with Gasteiger partial charge in [0.15, 0.2) is 23.3 Å². The number of carboxylic acids is 1. The molecule has 0 aromatic heterocycles. The Bertz CT molecular complexity index is 1930. The minimum Gasteiger partial charge on any atom is -0.481 e. The number of likely N-dealkylation sites (tertiary alicyclic amines) is 1. The van der Waals surface area contributed by atoms with Crippen LogP contribution in [-0.2, 0) is 49.5 Å². The molecule has 3 rings (SSSR count). The number of carboxylic acid groups (broad SMARTS) is 1. The van der Waals surface area contributed by atoms with Gasteiger partial charge in [0, 0.05) is 44.3 Å². The third-order valence-corrected chi connectivity index (χ3v) is 11.0. The Morgan fingerprint density at radius 2 is 1.41 bits per heavy atom. The molecule has 1 unspecified atom stereocenters. The summed E-state index contributed by atoms with van der Waals surface area (Å²) < 4.78 is 71.4. The van der Waals surface area contributed by atoms with Gasteiger partial charge in [0.05, 0.1) is 12.7 Å². The molecule has 63 heavy (non-hydrogen) atoms. The molecular formula is C36H53F4N10O12P. The highest BCUT2D eigenvalue weighted by atomic mass is 31.2. The fourth-order valence-electron chi connectivity index (χ4n) is 7.03. The zero-order valence-corrected chi connectivity index (χ0v) is 35.0. The molecule has 2 aliphatic rings. The second kappa shape index (κ2) is 23.4. The highest BCUT2D eigenvalue weighted by Crippen LogP contribution is 2.31. The first-order valence-electron chi connectivity index (χ1n) is 19.8. The summed E-state index contributed by atoms with van der Waals surface area (Å²) in [6, 6.07) is -7.75. The Hall–Kier alpha value is -5.27. The lowest BCUT2D eigenvalue weighted by atomic mass is 9.83. The minimum atomic E-state index is -4.12. The topological polar surface area (TPSA) is 368 Å². The molecule has 1 aliphatic heterocycles. The van der Waals surface area contributed by atoms with Crippen LogP contribution >= 0.6 is 7.59 Å². The van der Waals surface area contributed by atoms with Crippen LogP contribution in [0.4, 0.5) is 23.2 Å². The number of nitrogens with zero attached hydrogens (tertiary/aromatic N) is 1. The van der Waals surface area contributed by atoms with Crippen molar-refractivity contribution in [3.63, 3.8) is 0 Å². The van der Waals surface area contributed by atoms with Crippen molar-refractivity contribution in [2.24, 2.45) is 22.7 Å². The SMILES string of the molecule is C[C@H](NC(=O)[C@@H]1C[C@@H](O)CN1C(=O)CCCC(=O)O)C(=O)N[C@@H](CO)C(=O)NC(C(=O)N[C@@H](CCC(N)=O)C(=O)Nc1c(F)c(F)c(CNP(N)(N)=O)c(F)c1F)C1CCCCC1. The molecular weight excluding hydrogens is 871 g/mol. The summed E-state index contributed by atoms with van der Waals surface area (Å²) in [7, 11) is -4.12. The highest BCUT2D eigenvalue weighted by molar-refractivity contribution is 7.56. The van der Waals surface area contributed by atoms with Crippen molar-refractivity contribution in [2.45, 2.75) is 120 Å². The fraction of sp³-hybridized carbons (Fsp3) is 0.611. The first kappa shape index (κ1) is 52.1. The summed E-state index contributed by atoms with van der Waals surface area (Å²) in [6.45, 7) is -1.16. The second-order valence-corrected chi connectivity index (χ2v) is 17.0. The number of aliphatic carboxylic acids is 1. The second-order valence-electron chi connectivity index (χ2n) is 15.3. The number of primary amides is 1. The van der Waals surface area contributed by atoms with Gasteiger partial charge < -0.3 is 52.5 Å². The number of aliphatic hydroxyl groups excluding tert-OH is 2. The van der Waals surface area contributed by atoms with Crippen molar-refractivity contribution in [3.05, 3.63) is 28.8 Å². The van der Waals surface area contributed by atoms with E-state index in [1.165, 1.54) is 6.92 Å². The molecule has 6 atom stereocenters. The molecule has 7 amide bonds. The van der Waals surface area contributed by atoms with Crippen LogP contribution in [0.3, 0.4) is 0 Å². The number of hydrogen-bond donors (Lipinski definition) is 12. The number of carbonyl (C=O) groups is 8. The summed E-state index contributed by atoms with van der Waals surface area (Å²) in [5, 5.41) is 41.9. The number of nitrogens with one attached hydrogen (secondary N) is 6. The van der Waals surface area contributed by atoms with Crippen molar-refractivity contribution in [3.8, 4) is 0 Å². The van der Waals surface area contributed by atoms with E-state index >= 15 is 8.78 Å². The maximum atomic E-state index is 15.1. The number of aliphatic hydroxyl groups is 2. The lowest BCUT2D eigenvalue weighted by Crippen LogP contribution is -2.60. The monoisotopic (exact) mass is 924 g/mol. The maximum Gasteiger partial charge on any atom is 0.303 e. The molecule has 0 bridgehead atoms. The van der Waals surface area contributed by atoms with Gasteiger partial charge in [-0.3, -0.25) is 53.9 Å². The van der Waals surface area contributed by atoms with Crippen molar-refractivity contribution >= 4 is 60.6 Å². The van der Waals surface area contributed by atoms with Crippen molar-refractivity contribution in [1.29, 1.82) is 0 Å². The number of rotatable bonds is 22. The molecule has 0 radical (unpaired) electrons. The minimum absolute atomic E-state index is 0.0200. The van der Waals surface area contributed by atoms with Gasteiger partial charge >= 0.3 is 5.97 Å². The van der Waals surface area contributed by atoms with E-state index in [9.17, 15) is 61.9 Å². The van der Waals surface area contributed by atoms with E-state index in [0.717, 1.165) is 11.3 Å². The average Bonchev–Trinajstić information content (AvgIpc) is 3.62. The zero-order valence-electron chi connectivity index (χ0n) is 34.1. The van der Waals surface area contributed by atoms with Gasteiger partial charge in [-0.15, -0.1) is 0 Å². The van der Waals surface area contributed by atoms with Crippen molar-refractivity contribution < 1.29 is 75.8 Å². The number of anilines is 1. The van der Waals surface area contributed by atoms with Crippen LogP contribution in [0.5, 0.6) is 0 Å². The highest BCUT2D eigenvalue weighted by Gasteiger charge is 2.40. The smallest absolute Gasteiger partial charge is 0.303 e. The summed E-state index contributed by atoms with van der Waals surface area (Å²) >= 11 is 0. The molecule has 27 heteroatoms. The summed E-state index contributed by atoms with van der Waals surface area (Å²) in [6.07, 6.45) is -0.399. The van der Waals surface area contributed by atoms with Crippen LogP contribution in [0.2, 0.25) is 0 Å². The molecule has 1 heterocycles. The fourth-order valence-corrected chi connectivity index (χ4v) is 7.43. The molecule has 1 aromatic carbocycles. The molecule has 22 nitrogen and oxygen atoms in total. The number of nitrogens with two attached hydrogens (primary N) is 3. The number of amides is 7. The number of hydrogen-bond acceptors (Lipinski definition) is 11. The molecule has 0 spiro atoms. The standard InChI is InChI=1S/C36H53F4N10O12P/c1-16(45-35(60)22-12-18(52)14-50(22)24(54)8-5-9-25(55)56)32(57)47-21(15-51)34(59)48-30(17-6-3-2-4-7-17)36(61)46-20(10-11-23(41)53)33(58)49-31-28(39)26(37)19(27(38)29(31)40)13-44-63(42,43)62/h16-18,20-22,30,51-52H,2-15H2,1H3,(H2,41,53)(H,45,60)(H,46,61)(H,47,57)(H,48,59)(H,49,58)(H,55,56)(H5,42,43,44,62)/t16-,18+,20-,21-,22-,30?/m0/s1. The van der Waals surface area contributed by atoms with Gasteiger partial charge in [-0.1, -0.05) is 19.3 Å². The van der Waals surface area contributed by atoms with Crippen LogP contribution in [-0.4, -0.2) is 117 Å². The largest absolute Gasteiger partial charge is 0.481 e. The van der Waals surface area contributed by atoms with Gasteiger partial charge in [0.2, 0.25) is 41.4 Å². The third kappa shape index (κ3) is 15.2. The molecule has 352 valence electrons. The average molecular weight is 925 g/mol. The van der Waals surface area contributed by atoms with Crippen LogP contribution in [0, 0.1) is 29.2 Å². The Morgan fingerprint density at radius 1 is 0.810 bits per heavy atom. The van der Waals surface area contributed by atoms with Crippen LogP contribution in [0.1, 0.15) is 83.1 Å². The van der Waals surface area contributed by atoms with Crippen LogP contribution in [0.15, 0.2) is 0 Å². The first-order chi connectivity index (χ1) is 29.4. The third-order valence-electron chi connectivity index (χ3n) is 10.4. The van der Waals surface area contributed by atoms with E-state index in [1.54, 1.807) is 5.32 Å². The quantitative estimate of drug-likeness (QED) is 0.0351. The van der Waals surface area contributed by atoms with Gasteiger partial charge in [-0.25, -0.2) is 22.6 Å². The molecule has 1 aliphatic carbocycles. The molecule has 15 N–H and O–H groups in total. The van der Waals surface area contributed by atoms with Crippen molar-refractivity contribution in [1.82, 2.24) is 31.3 Å². The summed E-state index contributed by atoms with van der Waals surface area (Å²) in [5.41, 5.74) is 12.4. The Labute approximate surface area is 357 Å². The number of carbonyl (C=O) groups excluding carboxylic acids is 7. The Morgan fingerprint density at radius 3 is 1.97 bits per heavy atom. The summed E-state index contributed by atoms with van der Waals surface area (Å²) in [4.78, 5) is 103. The predicted octanol–water partition coefficient (Wildman–Crippen LogP) is -1.69. The van der Waals surface area contributed by atoms with E-state index in [0.29, 0.717) is 25.7 Å². The predicted molar refractivity (Wildman–Crippen MR) is 211 cm³/mol. The lowest BCUT2D eigenvalue weighted by molar-refractivity contribution is -0.140. The van der Waals surface area contributed by atoms with Gasteiger partial charge in [-0.2, -0.15) is 0 Å². The lowest BCUT2D eigenvalue weighted by Gasteiger charge is -2.32. The zero-order chi connectivity index (χ0) is 47.3. The molecule has 1 saturated heterocycles. The maximum absolute atomic E-state index is 15.1.